The van der Waals surface area contributed by atoms with Crippen LogP contribution in [0, 0.1) is 0 Å². The first-order chi connectivity index (χ1) is 18.1. The Morgan fingerprint density at radius 3 is 2.58 bits per heavy atom. The van der Waals surface area contributed by atoms with E-state index in [1.807, 2.05) is 11.6 Å². The lowest BCUT2D eigenvalue weighted by atomic mass is 10.0. The fourth-order valence-corrected chi connectivity index (χ4v) is 5.29. The molecule has 0 aliphatic carbocycles. The maximum atomic E-state index is 13.6. The summed E-state index contributed by atoms with van der Waals surface area (Å²) in [5.41, 5.74) is 1.74. The third-order valence-corrected chi connectivity index (χ3v) is 7.52. The first-order valence-corrected chi connectivity index (χ1v) is 13.5. The van der Waals surface area contributed by atoms with Crippen LogP contribution in [0.15, 0.2) is 65.1 Å². The van der Waals surface area contributed by atoms with E-state index in [0.29, 0.717) is 40.5 Å². The van der Waals surface area contributed by atoms with Crippen LogP contribution in [0.5, 0.6) is 17.2 Å². The number of allylic oxidation sites excluding steroid dienone is 3. The Bertz CT molecular complexity index is 1350. The molecular formula is C27H33N3O7S. The van der Waals surface area contributed by atoms with E-state index >= 15 is 0 Å². The monoisotopic (exact) mass is 543 g/mol. The normalized spacial score (nSPS) is 14.0. The number of nitrogens with zero attached hydrogens (tertiary/aromatic N) is 1. The molecule has 2 aromatic rings. The molecule has 11 heteroatoms. The van der Waals surface area contributed by atoms with E-state index < -0.39 is 28.0 Å². The van der Waals surface area contributed by atoms with Gasteiger partial charge in [-0.3, -0.25) is 4.79 Å². The average molecular weight is 544 g/mol. The van der Waals surface area contributed by atoms with Gasteiger partial charge in [0.25, 0.3) is 10.0 Å². The van der Waals surface area contributed by atoms with Crippen molar-refractivity contribution < 1.29 is 32.2 Å². The standard InChI is InChI=1S/C27H33N3O7S/c1-6-9-18(3)25(7-2)38(33,34)29-27(32)28-22(15-19-10-8-11-21(14-19)35-5)26(31)30(4)20-12-13-23-24(16-20)37-17-36-23/h7-14,16,22H,6,15,17H2,1-5H3,(H2,28,29,32)/b18-9-,25-7+/t22-/m0/s1. The number of carbonyl (C=O) groups is 2. The van der Waals surface area contributed by atoms with Crippen molar-refractivity contribution >= 4 is 27.6 Å². The summed E-state index contributed by atoms with van der Waals surface area (Å²) >= 11 is 0. The van der Waals surface area contributed by atoms with Crippen molar-refractivity contribution in [2.45, 2.75) is 39.7 Å². The Morgan fingerprint density at radius 2 is 1.89 bits per heavy atom. The zero-order valence-electron chi connectivity index (χ0n) is 22.1. The van der Waals surface area contributed by atoms with E-state index in [-0.39, 0.29) is 18.1 Å². The Hall–Kier alpha value is -3.99. The number of ether oxygens (including phenoxy) is 3. The minimum atomic E-state index is -4.17. The van der Waals surface area contributed by atoms with Crippen LogP contribution in [0.2, 0.25) is 0 Å². The van der Waals surface area contributed by atoms with Crippen LogP contribution in [0.4, 0.5) is 10.5 Å². The molecule has 204 valence electrons. The number of urea groups is 1. The summed E-state index contributed by atoms with van der Waals surface area (Å²) in [6.45, 7) is 5.21. The summed E-state index contributed by atoms with van der Waals surface area (Å²) in [5, 5.41) is 2.55. The summed E-state index contributed by atoms with van der Waals surface area (Å²) in [7, 11) is -1.08. The minimum absolute atomic E-state index is 0.0114. The van der Waals surface area contributed by atoms with E-state index in [2.05, 4.69) is 5.32 Å². The molecule has 2 aromatic carbocycles. The molecule has 0 bridgehead atoms. The second kappa shape index (κ2) is 12.5. The molecule has 2 N–H and O–H groups in total. The van der Waals surface area contributed by atoms with Crippen molar-refractivity contribution in [2.75, 3.05) is 25.9 Å². The van der Waals surface area contributed by atoms with Gasteiger partial charge in [0.1, 0.15) is 11.8 Å². The van der Waals surface area contributed by atoms with Crippen LogP contribution < -0.4 is 29.1 Å². The molecule has 0 aromatic heterocycles. The smallest absolute Gasteiger partial charge is 0.329 e. The molecule has 1 aliphatic rings. The van der Waals surface area contributed by atoms with Crippen LogP contribution in [-0.2, 0) is 21.2 Å². The molecule has 38 heavy (non-hydrogen) atoms. The van der Waals surface area contributed by atoms with Crippen molar-refractivity contribution in [3.63, 3.8) is 0 Å². The predicted octanol–water partition coefficient (Wildman–Crippen LogP) is 3.89. The molecule has 0 spiro atoms. The van der Waals surface area contributed by atoms with Gasteiger partial charge in [-0.15, -0.1) is 0 Å². The van der Waals surface area contributed by atoms with Crippen molar-refractivity contribution in [3.05, 3.63) is 70.7 Å². The number of sulfonamides is 1. The molecule has 1 atom stereocenters. The van der Waals surface area contributed by atoms with Crippen LogP contribution in [0.1, 0.15) is 32.8 Å². The number of nitrogens with one attached hydrogen (secondary N) is 2. The van der Waals surface area contributed by atoms with Crippen molar-refractivity contribution in [1.29, 1.82) is 0 Å². The number of likely N-dealkylation sites (N-methyl/N-ethyl adjacent to an activating group) is 1. The highest BCUT2D eigenvalue weighted by molar-refractivity contribution is 7.94. The summed E-state index contributed by atoms with van der Waals surface area (Å²) in [6.07, 6.45) is 3.89. The lowest BCUT2D eigenvalue weighted by molar-refractivity contribution is -0.120. The number of rotatable bonds is 10. The van der Waals surface area contributed by atoms with E-state index in [1.165, 1.54) is 18.1 Å². The number of carbonyl (C=O) groups excluding carboxylic acids is 2. The van der Waals surface area contributed by atoms with E-state index in [4.69, 9.17) is 14.2 Å². The first kappa shape index (κ1) is 28.6. The first-order valence-electron chi connectivity index (χ1n) is 12.1. The van der Waals surface area contributed by atoms with Crippen LogP contribution in [0.25, 0.3) is 0 Å². The van der Waals surface area contributed by atoms with E-state index in [9.17, 15) is 18.0 Å². The molecular weight excluding hydrogens is 510 g/mol. The lowest BCUT2D eigenvalue weighted by Gasteiger charge is -2.25. The average Bonchev–Trinajstić information content (AvgIpc) is 3.35. The predicted molar refractivity (Wildman–Crippen MR) is 145 cm³/mol. The van der Waals surface area contributed by atoms with Crippen LogP contribution >= 0.6 is 0 Å². The quantitative estimate of drug-likeness (QED) is 0.436. The minimum Gasteiger partial charge on any atom is -0.497 e. The van der Waals surface area contributed by atoms with Gasteiger partial charge < -0.3 is 24.4 Å². The molecule has 1 heterocycles. The Labute approximate surface area is 223 Å². The maximum absolute atomic E-state index is 13.6. The maximum Gasteiger partial charge on any atom is 0.329 e. The van der Waals surface area contributed by atoms with Crippen molar-refractivity contribution in [2.24, 2.45) is 0 Å². The number of hydrogen-bond donors (Lipinski definition) is 2. The number of hydrogen-bond acceptors (Lipinski definition) is 7. The summed E-state index contributed by atoms with van der Waals surface area (Å²) in [5.74, 6) is 1.18. The fraction of sp³-hybridized carbons (Fsp3) is 0.333. The Kier molecular flexibility index (Phi) is 9.40. The topological polar surface area (TPSA) is 123 Å². The van der Waals surface area contributed by atoms with Crippen LogP contribution in [0.3, 0.4) is 0 Å². The van der Waals surface area contributed by atoms with Crippen molar-refractivity contribution in [1.82, 2.24) is 10.0 Å². The second-order valence-electron chi connectivity index (χ2n) is 8.57. The SMILES string of the molecule is C/C=C(\C(C)=C/CC)S(=O)(=O)NC(=O)N[C@@H](Cc1cccc(OC)c1)C(=O)N(C)c1ccc2c(c1)OCO2. The summed E-state index contributed by atoms with van der Waals surface area (Å²) in [6, 6.07) is 9.98. The number of methoxy groups -OCH3 is 1. The van der Waals surface area contributed by atoms with Gasteiger partial charge in [-0.05, 0) is 55.7 Å². The van der Waals surface area contributed by atoms with Gasteiger partial charge in [-0.2, -0.15) is 0 Å². The number of anilines is 1. The van der Waals surface area contributed by atoms with Crippen LogP contribution in [-0.4, -0.2) is 47.3 Å². The Morgan fingerprint density at radius 1 is 1.16 bits per heavy atom. The van der Waals surface area contributed by atoms with Gasteiger partial charge in [-0.1, -0.05) is 31.2 Å². The number of benzene rings is 2. The van der Waals surface area contributed by atoms with Gasteiger partial charge in [-0.25, -0.2) is 17.9 Å². The molecule has 3 rings (SSSR count). The molecule has 0 saturated carbocycles. The third kappa shape index (κ3) is 6.86. The third-order valence-electron chi connectivity index (χ3n) is 5.93. The highest BCUT2D eigenvalue weighted by Gasteiger charge is 2.29. The number of fused-ring (bicyclic) bond motifs is 1. The van der Waals surface area contributed by atoms with Gasteiger partial charge >= 0.3 is 6.03 Å². The van der Waals surface area contributed by atoms with Crippen molar-refractivity contribution in [3.8, 4) is 17.2 Å². The van der Waals surface area contributed by atoms with Gasteiger partial charge in [0, 0.05) is 25.2 Å². The largest absolute Gasteiger partial charge is 0.497 e. The summed E-state index contributed by atoms with van der Waals surface area (Å²) in [4.78, 5) is 27.9. The molecule has 3 amide bonds. The van der Waals surface area contributed by atoms with Gasteiger partial charge in [0.05, 0.1) is 12.0 Å². The van der Waals surface area contributed by atoms with Gasteiger partial charge in [0.2, 0.25) is 12.7 Å². The fourth-order valence-electron chi connectivity index (χ4n) is 4.06. The summed E-state index contributed by atoms with van der Waals surface area (Å²) < 4.78 is 43.9. The van der Waals surface area contributed by atoms with E-state index in [1.54, 1.807) is 69.4 Å². The second-order valence-corrected chi connectivity index (χ2v) is 10.2. The highest BCUT2D eigenvalue weighted by atomic mass is 32.2. The number of amides is 3. The zero-order chi connectivity index (χ0) is 27.9. The molecule has 0 unspecified atom stereocenters. The molecule has 1 aliphatic heterocycles. The molecule has 0 saturated heterocycles. The highest BCUT2D eigenvalue weighted by Crippen LogP contribution is 2.35. The Balaban J connectivity index is 1.86. The molecule has 0 fully saturated rings. The zero-order valence-corrected chi connectivity index (χ0v) is 22.9. The van der Waals surface area contributed by atoms with E-state index in [0.717, 1.165) is 0 Å². The molecule has 0 radical (unpaired) electrons. The molecule has 10 nitrogen and oxygen atoms in total. The van der Waals surface area contributed by atoms with Gasteiger partial charge in [0.15, 0.2) is 11.5 Å². The lowest BCUT2D eigenvalue weighted by Crippen LogP contribution is -2.52.